The first kappa shape index (κ1) is 13.6. The summed E-state index contributed by atoms with van der Waals surface area (Å²) in [5, 5.41) is 0. The molecule has 0 atom stereocenters. The van der Waals surface area contributed by atoms with E-state index >= 15 is 0 Å². The molecule has 6 nitrogen and oxygen atoms in total. The van der Waals surface area contributed by atoms with Crippen molar-refractivity contribution in [2.24, 2.45) is 5.92 Å². The van der Waals surface area contributed by atoms with Crippen LogP contribution in [0.25, 0.3) is 0 Å². The van der Waals surface area contributed by atoms with Gasteiger partial charge in [-0.1, -0.05) is 6.92 Å². The summed E-state index contributed by atoms with van der Waals surface area (Å²) in [6.07, 6.45) is 3.88. The van der Waals surface area contributed by atoms with Crippen LogP contribution < -0.4 is 10.6 Å². The van der Waals surface area contributed by atoms with Crippen LogP contribution in [0, 0.1) is 5.92 Å². The van der Waals surface area contributed by atoms with Crippen LogP contribution >= 0.6 is 0 Å². The molecule has 0 unspecified atom stereocenters. The van der Waals surface area contributed by atoms with Crippen LogP contribution in [0.3, 0.4) is 0 Å². The standard InChI is InChI=1S/C13H20N4O2/c1-3-10-11(14)15-8-16-12(10)17-6-4-9(5-7-17)13(18)19-2/h8-9H,3-7H2,1-2H3,(H2,14,15,16). The van der Waals surface area contributed by atoms with Gasteiger partial charge in [-0.15, -0.1) is 0 Å². The molecule has 2 N–H and O–H groups in total. The lowest BCUT2D eigenvalue weighted by Crippen LogP contribution is -2.37. The van der Waals surface area contributed by atoms with E-state index in [4.69, 9.17) is 10.5 Å². The van der Waals surface area contributed by atoms with Crippen molar-refractivity contribution in [2.75, 3.05) is 30.8 Å². The Morgan fingerprint density at radius 3 is 2.74 bits per heavy atom. The molecule has 1 aliphatic rings. The van der Waals surface area contributed by atoms with Gasteiger partial charge in [0, 0.05) is 18.7 Å². The van der Waals surface area contributed by atoms with Crippen molar-refractivity contribution in [1.82, 2.24) is 9.97 Å². The maximum absolute atomic E-state index is 11.5. The van der Waals surface area contributed by atoms with Crippen molar-refractivity contribution in [2.45, 2.75) is 26.2 Å². The normalized spacial score (nSPS) is 16.4. The zero-order chi connectivity index (χ0) is 13.8. The highest BCUT2D eigenvalue weighted by Gasteiger charge is 2.27. The highest BCUT2D eigenvalue weighted by atomic mass is 16.5. The summed E-state index contributed by atoms with van der Waals surface area (Å²) in [6.45, 7) is 3.63. The minimum Gasteiger partial charge on any atom is -0.469 e. The predicted octanol–water partition coefficient (Wildman–Crippen LogP) is 1.01. The number of anilines is 2. The van der Waals surface area contributed by atoms with Gasteiger partial charge >= 0.3 is 5.97 Å². The van der Waals surface area contributed by atoms with Gasteiger partial charge in [0.2, 0.25) is 0 Å². The second kappa shape index (κ2) is 5.86. The molecule has 2 rings (SSSR count). The molecule has 0 aromatic carbocycles. The molecule has 1 saturated heterocycles. The van der Waals surface area contributed by atoms with E-state index in [2.05, 4.69) is 14.9 Å². The van der Waals surface area contributed by atoms with Crippen molar-refractivity contribution >= 4 is 17.6 Å². The summed E-state index contributed by atoms with van der Waals surface area (Å²) < 4.78 is 4.79. The highest BCUT2D eigenvalue weighted by Crippen LogP contribution is 2.27. The molecular weight excluding hydrogens is 244 g/mol. The Morgan fingerprint density at radius 1 is 1.47 bits per heavy atom. The van der Waals surface area contributed by atoms with E-state index in [0.717, 1.165) is 43.7 Å². The molecule has 19 heavy (non-hydrogen) atoms. The zero-order valence-corrected chi connectivity index (χ0v) is 11.4. The van der Waals surface area contributed by atoms with E-state index in [1.807, 2.05) is 6.92 Å². The molecule has 1 aromatic rings. The fourth-order valence-corrected chi connectivity index (χ4v) is 2.52. The zero-order valence-electron chi connectivity index (χ0n) is 11.4. The van der Waals surface area contributed by atoms with Crippen molar-refractivity contribution in [3.63, 3.8) is 0 Å². The van der Waals surface area contributed by atoms with E-state index in [9.17, 15) is 4.79 Å². The predicted molar refractivity (Wildman–Crippen MR) is 72.8 cm³/mol. The first-order chi connectivity index (χ1) is 9.17. The van der Waals surface area contributed by atoms with Gasteiger partial charge in [0.15, 0.2) is 0 Å². The number of esters is 1. The number of rotatable bonds is 3. The van der Waals surface area contributed by atoms with Gasteiger partial charge in [-0.3, -0.25) is 4.79 Å². The number of hydrogen-bond acceptors (Lipinski definition) is 6. The fourth-order valence-electron chi connectivity index (χ4n) is 2.52. The van der Waals surface area contributed by atoms with Crippen molar-refractivity contribution in [1.29, 1.82) is 0 Å². The van der Waals surface area contributed by atoms with Crippen LogP contribution in [0.15, 0.2) is 6.33 Å². The lowest BCUT2D eigenvalue weighted by molar-refractivity contribution is -0.146. The minimum absolute atomic E-state index is 0.00510. The van der Waals surface area contributed by atoms with Gasteiger partial charge in [0.05, 0.1) is 13.0 Å². The Labute approximate surface area is 113 Å². The molecule has 0 radical (unpaired) electrons. The molecule has 0 saturated carbocycles. The summed E-state index contributed by atoms with van der Waals surface area (Å²) in [7, 11) is 1.44. The van der Waals surface area contributed by atoms with E-state index in [1.165, 1.54) is 13.4 Å². The first-order valence-electron chi connectivity index (χ1n) is 6.59. The summed E-state index contributed by atoms with van der Waals surface area (Å²) in [6, 6.07) is 0. The van der Waals surface area contributed by atoms with Crippen LogP contribution in [0.5, 0.6) is 0 Å². The Kier molecular flexibility index (Phi) is 4.19. The monoisotopic (exact) mass is 264 g/mol. The van der Waals surface area contributed by atoms with Gasteiger partial charge in [0.1, 0.15) is 18.0 Å². The lowest BCUT2D eigenvalue weighted by atomic mass is 9.96. The quantitative estimate of drug-likeness (QED) is 0.821. The maximum Gasteiger partial charge on any atom is 0.308 e. The van der Waals surface area contributed by atoms with Crippen LogP contribution in [0.2, 0.25) is 0 Å². The van der Waals surface area contributed by atoms with E-state index in [-0.39, 0.29) is 11.9 Å². The summed E-state index contributed by atoms with van der Waals surface area (Å²) in [5.41, 5.74) is 6.87. The number of carbonyl (C=O) groups is 1. The molecule has 0 aliphatic carbocycles. The molecule has 0 bridgehead atoms. The molecule has 6 heteroatoms. The Morgan fingerprint density at radius 2 is 2.16 bits per heavy atom. The summed E-state index contributed by atoms with van der Waals surface area (Å²) in [4.78, 5) is 22.0. The topological polar surface area (TPSA) is 81.3 Å². The van der Waals surface area contributed by atoms with Crippen LogP contribution in [-0.4, -0.2) is 36.1 Å². The average molecular weight is 264 g/mol. The molecule has 2 heterocycles. The third kappa shape index (κ3) is 2.77. The SMILES string of the molecule is CCc1c(N)ncnc1N1CCC(C(=O)OC)CC1. The number of piperidine rings is 1. The van der Waals surface area contributed by atoms with Crippen molar-refractivity contribution in [3.05, 3.63) is 11.9 Å². The largest absolute Gasteiger partial charge is 0.469 e. The number of nitrogen functional groups attached to an aromatic ring is 1. The number of nitrogens with zero attached hydrogens (tertiary/aromatic N) is 3. The fraction of sp³-hybridized carbons (Fsp3) is 0.615. The maximum atomic E-state index is 11.5. The lowest BCUT2D eigenvalue weighted by Gasteiger charge is -2.32. The van der Waals surface area contributed by atoms with Gasteiger partial charge in [-0.05, 0) is 19.3 Å². The number of methoxy groups -OCH3 is 1. The Balaban J connectivity index is 2.10. The Hall–Kier alpha value is -1.85. The van der Waals surface area contributed by atoms with Crippen molar-refractivity contribution in [3.8, 4) is 0 Å². The molecule has 1 fully saturated rings. The number of carbonyl (C=O) groups excluding carboxylic acids is 1. The summed E-state index contributed by atoms with van der Waals surface area (Å²) in [5.74, 6) is 1.34. The first-order valence-corrected chi connectivity index (χ1v) is 6.59. The number of nitrogens with two attached hydrogens (primary N) is 1. The van der Waals surface area contributed by atoms with E-state index in [1.54, 1.807) is 0 Å². The van der Waals surface area contributed by atoms with Gasteiger partial charge in [-0.2, -0.15) is 0 Å². The van der Waals surface area contributed by atoms with Crippen LogP contribution in [-0.2, 0) is 16.0 Å². The molecule has 0 spiro atoms. The van der Waals surface area contributed by atoms with Gasteiger partial charge in [0.25, 0.3) is 0 Å². The molecular formula is C13H20N4O2. The molecule has 1 aliphatic heterocycles. The third-order valence-corrected chi connectivity index (χ3v) is 3.64. The third-order valence-electron chi connectivity index (χ3n) is 3.64. The molecule has 104 valence electrons. The van der Waals surface area contributed by atoms with Gasteiger partial charge in [-0.25, -0.2) is 9.97 Å². The number of ether oxygens (including phenoxy) is 1. The van der Waals surface area contributed by atoms with Crippen LogP contribution in [0.4, 0.5) is 11.6 Å². The Bertz CT molecular complexity index is 456. The number of hydrogen-bond donors (Lipinski definition) is 1. The second-order valence-corrected chi connectivity index (χ2v) is 4.70. The minimum atomic E-state index is -0.113. The smallest absolute Gasteiger partial charge is 0.308 e. The van der Waals surface area contributed by atoms with Gasteiger partial charge < -0.3 is 15.4 Å². The second-order valence-electron chi connectivity index (χ2n) is 4.70. The summed E-state index contributed by atoms with van der Waals surface area (Å²) >= 11 is 0. The average Bonchev–Trinajstić information content (AvgIpc) is 2.46. The molecule has 1 aromatic heterocycles. The molecule has 0 amide bonds. The highest BCUT2D eigenvalue weighted by molar-refractivity contribution is 5.72. The van der Waals surface area contributed by atoms with E-state index < -0.39 is 0 Å². The number of aromatic nitrogens is 2. The van der Waals surface area contributed by atoms with E-state index in [0.29, 0.717) is 5.82 Å². The van der Waals surface area contributed by atoms with Crippen molar-refractivity contribution < 1.29 is 9.53 Å². The van der Waals surface area contributed by atoms with Crippen LogP contribution in [0.1, 0.15) is 25.3 Å².